The summed E-state index contributed by atoms with van der Waals surface area (Å²) in [5.74, 6) is -1.24. The van der Waals surface area contributed by atoms with E-state index in [9.17, 15) is 57.9 Å². The molecule has 298 valence electrons. The molecule has 2 unspecified atom stereocenters. The number of aliphatic hydroxyl groups excluding tert-OH is 2. The van der Waals surface area contributed by atoms with Gasteiger partial charge in [-0.1, -0.05) is 31.7 Å². The van der Waals surface area contributed by atoms with Crippen LogP contribution in [0, 0.1) is 5.41 Å². The van der Waals surface area contributed by atoms with Crippen LogP contribution in [0.5, 0.6) is 0 Å². The van der Waals surface area contributed by atoms with Crippen molar-refractivity contribution in [2.45, 2.75) is 57.8 Å². The van der Waals surface area contributed by atoms with Crippen LogP contribution in [0.2, 0.25) is 0 Å². The van der Waals surface area contributed by atoms with Crippen LogP contribution in [-0.2, 0) is 50.7 Å². The molecular weight excluding hydrogens is 795 g/mol. The predicted molar refractivity (Wildman–Crippen MR) is 173 cm³/mol. The van der Waals surface area contributed by atoms with Crippen molar-refractivity contribution in [1.29, 1.82) is 0 Å². The van der Waals surface area contributed by atoms with Gasteiger partial charge in [-0.3, -0.25) is 28.1 Å². The number of ether oxygens (including phenoxy) is 1. The quantitative estimate of drug-likeness (QED) is 0.0496. The molecule has 0 aliphatic carbocycles. The first kappa shape index (κ1) is 44.7. The van der Waals surface area contributed by atoms with Gasteiger partial charge < -0.3 is 69.0 Å². The Hall–Kier alpha value is -2.70. The molecular formula is C25H36N7O17P3S-4. The number of phosphoric ester groups is 3. The van der Waals surface area contributed by atoms with E-state index in [2.05, 4.69) is 43.5 Å². The number of nitrogens with two attached hydrogens (primary N) is 1. The molecule has 7 atom stereocenters. The summed E-state index contributed by atoms with van der Waals surface area (Å²) in [6, 6.07) is 0. The van der Waals surface area contributed by atoms with Crippen molar-refractivity contribution >= 4 is 69.1 Å². The van der Waals surface area contributed by atoms with Gasteiger partial charge in [0, 0.05) is 30.7 Å². The molecule has 0 bridgehead atoms. The zero-order chi connectivity index (χ0) is 39.8. The average molecular weight is 832 g/mol. The van der Waals surface area contributed by atoms with Gasteiger partial charge in [-0.15, -0.1) is 0 Å². The van der Waals surface area contributed by atoms with Crippen LogP contribution >= 0.6 is 35.2 Å². The van der Waals surface area contributed by atoms with Gasteiger partial charge in [0.2, 0.25) is 16.9 Å². The second-order valence-electron chi connectivity index (χ2n) is 11.7. The van der Waals surface area contributed by atoms with E-state index in [1.54, 1.807) is 13.0 Å². The zero-order valence-corrected chi connectivity index (χ0v) is 31.6. The smallest absolute Gasteiger partial charge is 0.274 e. The number of nitrogens with one attached hydrogen (secondary N) is 2. The Kier molecular flexibility index (Phi) is 15.8. The number of imidazole rings is 1. The number of hydrogen-bond acceptors (Lipinski definition) is 22. The van der Waals surface area contributed by atoms with E-state index >= 15 is 0 Å². The number of anilines is 1. The number of thioether (sulfide) groups is 1. The lowest BCUT2D eigenvalue weighted by Crippen LogP contribution is -2.46. The number of phosphoric acid groups is 3. The second-order valence-corrected chi connectivity index (χ2v) is 16.8. The largest absolute Gasteiger partial charge is 0.790 e. The lowest BCUT2D eigenvalue weighted by Gasteiger charge is -2.36. The van der Waals surface area contributed by atoms with Gasteiger partial charge in [-0.25, -0.2) is 19.3 Å². The number of aliphatic hydroxyl groups is 2. The highest BCUT2D eigenvalue weighted by atomic mass is 32.2. The van der Waals surface area contributed by atoms with Gasteiger partial charge in [0.1, 0.15) is 36.3 Å². The summed E-state index contributed by atoms with van der Waals surface area (Å²) >= 11 is 0.996. The van der Waals surface area contributed by atoms with Crippen molar-refractivity contribution in [2.75, 3.05) is 37.8 Å². The molecule has 0 saturated carbocycles. The van der Waals surface area contributed by atoms with Crippen molar-refractivity contribution in [3.63, 3.8) is 0 Å². The lowest BCUT2D eigenvalue weighted by molar-refractivity contribution is -0.347. The topological polar surface area (TPSA) is 375 Å². The minimum absolute atomic E-state index is 0.0218. The number of amides is 2. The molecule has 24 nitrogen and oxygen atoms in total. The Bertz CT molecular complexity index is 1790. The van der Waals surface area contributed by atoms with Gasteiger partial charge in [0.25, 0.3) is 15.6 Å². The van der Waals surface area contributed by atoms with Gasteiger partial charge in [-0.05, 0) is 13.0 Å². The maximum atomic E-state index is 12.5. The van der Waals surface area contributed by atoms with Crippen LogP contribution in [0.3, 0.4) is 0 Å². The fraction of sp³-hybridized carbons (Fsp3) is 0.600. The van der Waals surface area contributed by atoms with E-state index in [-0.39, 0.29) is 41.6 Å². The second kappa shape index (κ2) is 18.8. The highest BCUT2D eigenvalue weighted by Crippen LogP contribution is 2.56. The molecule has 53 heavy (non-hydrogen) atoms. The summed E-state index contributed by atoms with van der Waals surface area (Å²) in [5.41, 5.74) is 4.06. The molecule has 0 aromatic carbocycles. The van der Waals surface area contributed by atoms with E-state index in [1.807, 2.05) is 0 Å². The molecule has 6 N–H and O–H groups in total. The molecule has 28 heteroatoms. The number of carbonyl (C=O) groups is 3. The normalized spacial score (nSPS) is 22.4. The molecule has 2 amide bonds. The fourth-order valence-corrected chi connectivity index (χ4v) is 7.82. The highest BCUT2D eigenvalue weighted by Gasteiger charge is 2.47. The van der Waals surface area contributed by atoms with E-state index in [0.29, 0.717) is 5.75 Å². The first-order valence-electron chi connectivity index (χ1n) is 15.2. The number of rotatable bonds is 20. The van der Waals surface area contributed by atoms with E-state index < -0.39 is 84.6 Å². The monoisotopic (exact) mass is 831 g/mol. The summed E-state index contributed by atoms with van der Waals surface area (Å²) in [4.78, 5) is 95.1. The minimum atomic E-state index is -5.91. The summed E-state index contributed by atoms with van der Waals surface area (Å²) in [6.07, 6.45) is -4.63. The maximum absolute atomic E-state index is 12.5. The molecule has 3 heterocycles. The number of aromatic nitrogens is 4. The average Bonchev–Trinajstić information content (AvgIpc) is 3.61. The standard InChI is InChI=1S/C25H40N7O17P3S/c1-4-5-16(34)53-9-8-27-15(33)6-7-28-23(37)20(36)25(2,3)11-46-52(43,44)49-51(41,42)45-10-14-19(48-50(38,39)40)18(35)24(47-14)32-13-31-17-21(26)29-12-30-22(17)32/h4-5,12-14,18-20,24,35-36H,6-11H2,1-3H3,(H,27,33)(H,28,37)(H,41,42)(H,43,44)(H2,26,29,30)(H2,38,39,40)/p-4/b5-4-/t14-,18-,19-,20+,24-/m1/s1. The van der Waals surface area contributed by atoms with Crippen molar-refractivity contribution in [2.24, 2.45) is 5.41 Å². The molecule has 3 rings (SSSR count). The van der Waals surface area contributed by atoms with E-state index in [1.165, 1.54) is 19.9 Å². The minimum Gasteiger partial charge on any atom is -0.790 e. The summed E-state index contributed by atoms with van der Waals surface area (Å²) in [6.45, 7) is 1.76. The van der Waals surface area contributed by atoms with E-state index in [4.69, 9.17) is 10.5 Å². The van der Waals surface area contributed by atoms with Crippen molar-refractivity contribution < 1.29 is 80.5 Å². The number of nitrogens with zero attached hydrogens (tertiary/aromatic N) is 4. The summed E-state index contributed by atoms with van der Waals surface area (Å²) < 4.78 is 60.3. The molecule has 1 aliphatic rings. The number of hydrogen-bond donors (Lipinski definition) is 5. The van der Waals surface area contributed by atoms with Crippen molar-refractivity contribution in [3.8, 4) is 0 Å². The Balaban J connectivity index is 1.52. The number of fused-ring (bicyclic) bond motifs is 1. The van der Waals surface area contributed by atoms with Crippen LogP contribution < -0.4 is 35.9 Å². The van der Waals surface area contributed by atoms with Gasteiger partial charge in [0.05, 0.1) is 27.4 Å². The Morgan fingerprint density at radius 1 is 1.11 bits per heavy atom. The Labute approximate surface area is 305 Å². The Morgan fingerprint density at radius 2 is 1.79 bits per heavy atom. The highest BCUT2D eigenvalue weighted by molar-refractivity contribution is 8.14. The third-order valence-corrected chi connectivity index (χ3v) is 10.9. The predicted octanol–water partition coefficient (Wildman–Crippen LogP) is -3.29. The van der Waals surface area contributed by atoms with Gasteiger partial charge in [0.15, 0.2) is 17.7 Å². The van der Waals surface area contributed by atoms with Crippen LogP contribution in [0.4, 0.5) is 5.82 Å². The molecule has 1 aliphatic heterocycles. The molecule has 2 aromatic heterocycles. The van der Waals surface area contributed by atoms with Crippen LogP contribution in [-0.4, -0.2) is 103 Å². The fourth-order valence-electron chi connectivity index (χ4n) is 4.44. The Morgan fingerprint density at radius 3 is 2.45 bits per heavy atom. The summed E-state index contributed by atoms with van der Waals surface area (Å²) in [7, 11) is -17.6. The van der Waals surface area contributed by atoms with Crippen LogP contribution in [0.1, 0.15) is 33.4 Å². The van der Waals surface area contributed by atoms with Crippen LogP contribution in [0.25, 0.3) is 11.2 Å². The molecule has 1 fully saturated rings. The van der Waals surface area contributed by atoms with Crippen molar-refractivity contribution in [1.82, 2.24) is 30.2 Å². The lowest BCUT2D eigenvalue weighted by atomic mass is 9.87. The van der Waals surface area contributed by atoms with Gasteiger partial charge in [-0.2, -0.15) is 0 Å². The zero-order valence-electron chi connectivity index (χ0n) is 28.1. The van der Waals surface area contributed by atoms with Gasteiger partial charge >= 0.3 is 0 Å². The van der Waals surface area contributed by atoms with Crippen molar-refractivity contribution in [3.05, 3.63) is 24.8 Å². The van der Waals surface area contributed by atoms with Crippen LogP contribution in [0.15, 0.2) is 24.8 Å². The molecule has 2 aromatic rings. The maximum Gasteiger partial charge on any atom is 0.274 e. The number of nitrogen functional groups attached to an aromatic ring is 1. The first-order valence-corrected chi connectivity index (χ1v) is 20.5. The number of allylic oxidation sites excluding steroid dienone is 1. The molecule has 0 radical (unpaired) electrons. The summed E-state index contributed by atoms with van der Waals surface area (Å²) in [5, 5.41) is 25.9. The molecule has 0 spiro atoms. The third-order valence-electron chi connectivity index (χ3n) is 7.02. The van der Waals surface area contributed by atoms with E-state index in [0.717, 1.165) is 29.0 Å². The first-order chi connectivity index (χ1) is 24.6. The number of carbonyl (C=O) groups excluding carboxylic acids is 3. The SMILES string of the molecule is C/C=C\C(=O)SCCNC(=O)CCNC(=O)[C@H](O)C(C)(C)COP(=O)([O-])OP(=O)([O-])OC[C@H]1O[C@@H](n2cnc3c(N)ncnc32)[C@H](O)[C@@H]1OP(=O)([O-])[O-]. The third kappa shape index (κ3) is 13.5. The molecule has 1 saturated heterocycles.